The average Bonchev–Trinajstić information content (AvgIpc) is 3.52. The van der Waals surface area contributed by atoms with Crippen molar-refractivity contribution in [2.75, 3.05) is 25.2 Å². The van der Waals surface area contributed by atoms with Crippen molar-refractivity contribution < 1.29 is 28.9 Å². The third-order valence-corrected chi connectivity index (χ3v) is 7.76. The van der Waals surface area contributed by atoms with Crippen LogP contribution in [0.5, 0.6) is 23.0 Å². The van der Waals surface area contributed by atoms with Crippen molar-refractivity contribution in [3.8, 4) is 23.0 Å². The normalized spacial score (nSPS) is 15.3. The van der Waals surface area contributed by atoms with Crippen LogP contribution in [0.25, 0.3) is 10.8 Å². The number of amides is 2. The van der Waals surface area contributed by atoms with Crippen LogP contribution in [0.1, 0.15) is 47.6 Å². The fourth-order valence-corrected chi connectivity index (χ4v) is 5.73. The molecule has 8 nitrogen and oxygen atoms in total. The van der Waals surface area contributed by atoms with Gasteiger partial charge >= 0.3 is 0 Å². The minimum atomic E-state index is -1.06. The predicted octanol–water partition coefficient (Wildman–Crippen LogP) is 5.77. The molecular weight excluding hydrogens is 520 g/mol. The summed E-state index contributed by atoms with van der Waals surface area (Å²) in [5.41, 5.74) is 1.45. The monoisotopic (exact) mass is 552 g/mol. The lowest BCUT2D eigenvalue weighted by atomic mass is 9.98. The number of phenolic OH excluding ortho intramolecular Hbond substituents is 1. The molecule has 2 aliphatic rings. The number of hydrogen-bond donors (Lipinski definition) is 2. The number of hydrogen-bond acceptors (Lipinski definition) is 6. The number of carbonyl (C=O) groups excluding carboxylic acids is 2. The average molecular weight is 553 g/mol. The van der Waals surface area contributed by atoms with Crippen LogP contribution in [0.15, 0.2) is 78.9 Å². The second kappa shape index (κ2) is 11.4. The number of nitrogens with one attached hydrogen (secondary N) is 1. The Morgan fingerprint density at radius 2 is 1.68 bits per heavy atom. The zero-order chi connectivity index (χ0) is 28.3. The molecule has 1 aliphatic carbocycles. The number of nitrogens with zero attached hydrogens (tertiary/aromatic N) is 1. The molecule has 41 heavy (non-hydrogen) atoms. The zero-order valence-corrected chi connectivity index (χ0v) is 22.8. The largest absolute Gasteiger partial charge is 0.504 e. The van der Waals surface area contributed by atoms with Crippen LogP contribution in [0.4, 0.5) is 5.69 Å². The van der Waals surface area contributed by atoms with Gasteiger partial charge in [0.2, 0.25) is 5.91 Å². The quantitative estimate of drug-likeness (QED) is 0.302. The molecule has 210 valence electrons. The standard InChI is InChI=1S/C33H32N2O6/c1-39-29-19-22(13-15-27(29)36)31(32(37)34-24-9-3-4-10-24)35(26-12-6-8-21-7-2-5-11-25(21)26)33(38)23-14-16-28-30(20-23)41-18-17-40-28/h2,5-8,11-16,19-20,24,31,36H,3-4,9-10,17-18H2,1H3,(H,34,37)/t31-/m1/s1. The van der Waals surface area contributed by atoms with Crippen LogP contribution >= 0.6 is 0 Å². The Hall–Kier alpha value is -4.72. The zero-order valence-electron chi connectivity index (χ0n) is 22.8. The number of phenols is 1. The van der Waals surface area contributed by atoms with Gasteiger partial charge in [-0.3, -0.25) is 14.5 Å². The first kappa shape index (κ1) is 26.5. The van der Waals surface area contributed by atoms with Gasteiger partial charge < -0.3 is 24.6 Å². The van der Waals surface area contributed by atoms with Crippen LogP contribution in [0.3, 0.4) is 0 Å². The van der Waals surface area contributed by atoms with Crippen LogP contribution < -0.4 is 24.4 Å². The lowest BCUT2D eigenvalue weighted by Gasteiger charge is -2.33. The summed E-state index contributed by atoms with van der Waals surface area (Å²) in [4.78, 5) is 30.4. The molecular formula is C33H32N2O6. The topological polar surface area (TPSA) is 97.3 Å². The van der Waals surface area contributed by atoms with Gasteiger partial charge in [0.05, 0.1) is 12.8 Å². The SMILES string of the molecule is COc1cc([C@H](C(=O)NC2CCCC2)N(C(=O)c2ccc3c(c2)OCCO3)c2cccc3ccccc23)ccc1O. The van der Waals surface area contributed by atoms with Crippen LogP contribution in [0.2, 0.25) is 0 Å². The highest BCUT2D eigenvalue weighted by atomic mass is 16.6. The number of benzene rings is 4. The Morgan fingerprint density at radius 1 is 0.927 bits per heavy atom. The summed E-state index contributed by atoms with van der Waals surface area (Å²) in [6, 6.07) is 22.3. The van der Waals surface area contributed by atoms with Gasteiger partial charge in [-0.15, -0.1) is 0 Å². The highest BCUT2D eigenvalue weighted by molar-refractivity contribution is 6.14. The second-order valence-electron chi connectivity index (χ2n) is 10.4. The van der Waals surface area contributed by atoms with Gasteiger partial charge in [0.25, 0.3) is 5.91 Å². The van der Waals surface area contributed by atoms with Gasteiger partial charge in [-0.25, -0.2) is 0 Å². The summed E-state index contributed by atoms with van der Waals surface area (Å²) in [6.07, 6.45) is 3.88. The first-order valence-corrected chi connectivity index (χ1v) is 13.9. The summed E-state index contributed by atoms with van der Waals surface area (Å²) >= 11 is 0. The first-order valence-electron chi connectivity index (χ1n) is 13.9. The van der Waals surface area contributed by atoms with Crippen molar-refractivity contribution in [3.63, 3.8) is 0 Å². The molecule has 1 aliphatic heterocycles. The van der Waals surface area contributed by atoms with Gasteiger partial charge in [-0.1, -0.05) is 55.3 Å². The minimum Gasteiger partial charge on any atom is -0.504 e. The van der Waals surface area contributed by atoms with Crippen molar-refractivity contribution in [1.29, 1.82) is 0 Å². The van der Waals surface area contributed by atoms with E-state index in [9.17, 15) is 14.7 Å². The fraction of sp³-hybridized carbons (Fsp3) is 0.273. The Kier molecular flexibility index (Phi) is 7.37. The smallest absolute Gasteiger partial charge is 0.259 e. The summed E-state index contributed by atoms with van der Waals surface area (Å²) in [6.45, 7) is 0.825. The summed E-state index contributed by atoms with van der Waals surface area (Å²) in [5.74, 6) is 0.536. The molecule has 2 amide bonds. The number of rotatable bonds is 7. The number of carbonyl (C=O) groups is 2. The van der Waals surface area contributed by atoms with Crippen LogP contribution in [-0.2, 0) is 4.79 Å². The number of aromatic hydroxyl groups is 1. The Morgan fingerprint density at radius 3 is 2.49 bits per heavy atom. The van der Waals surface area contributed by atoms with E-state index in [1.165, 1.54) is 13.2 Å². The molecule has 1 saturated carbocycles. The molecule has 1 heterocycles. The Labute approximate surface area is 238 Å². The maximum atomic E-state index is 14.6. The minimum absolute atomic E-state index is 0.0303. The molecule has 4 aromatic rings. The van der Waals surface area contributed by atoms with Crippen molar-refractivity contribution in [2.45, 2.75) is 37.8 Å². The number of fused-ring (bicyclic) bond motifs is 2. The Balaban J connectivity index is 1.54. The third kappa shape index (κ3) is 5.25. The number of anilines is 1. The highest BCUT2D eigenvalue weighted by Gasteiger charge is 2.36. The predicted molar refractivity (Wildman–Crippen MR) is 156 cm³/mol. The molecule has 8 heteroatoms. The molecule has 0 spiro atoms. The second-order valence-corrected chi connectivity index (χ2v) is 10.4. The summed E-state index contributed by atoms with van der Waals surface area (Å²) in [5, 5.41) is 15.3. The third-order valence-electron chi connectivity index (χ3n) is 7.76. The fourth-order valence-electron chi connectivity index (χ4n) is 5.73. The highest BCUT2D eigenvalue weighted by Crippen LogP contribution is 2.39. The van der Waals surface area contributed by atoms with E-state index in [1.807, 2.05) is 42.5 Å². The van der Waals surface area contributed by atoms with Crippen molar-refractivity contribution in [3.05, 3.63) is 90.0 Å². The van der Waals surface area contributed by atoms with E-state index in [2.05, 4.69) is 5.32 Å². The van der Waals surface area contributed by atoms with Gasteiger partial charge in [0.15, 0.2) is 23.0 Å². The van der Waals surface area contributed by atoms with Gasteiger partial charge in [0.1, 0.15) is 19.3 Å². The summed E-state index contributed by atoms with van der Waals surface area (Å²) < 4.78 is 16.8. The molecule has 0 radical (unpaired) electrons. The maximum Gasteiger partial charge on any atom is 0.259 e. The Bertz CT molecular complexity index is 1590. The van der Waals surface area contributed by atoms with E-state index < -0.39 is 6.04 Å². The molecule has 1 atom stereocenters. The maximum absolute atomic E-state index is 14.6. The molecule has 0 unspecified atom stereocenters. The lowest BCUT2D eigenvalue weighted by Crippen LogP contribution is -2.46. The number of methoxy groups -OCH3 is 1. The van der Waals surface area contributed by atoms with Crippen LogP contribution in [0, 0.1) is 0 Å². The van der Waals surface area contributed by atoms with E-state index in [0.717, 1.165) is 36.5 Å². The lowest BCUT2D eigenvalue weighted by molar-refractivity contribution is -0.123. The number of ether oxygens (including phenoxy) is 3. The molecule has 0 bridgehead atoms. The van der Waals surface area contributed by atoms with Crippen LogP contribution in [-0.4, -0.2) is 43.3 Å². The van der Waals surface area contributed by atoms with E-state index in [1.54, 1.807) is 35.2 Å². The summed E-state index contributed by atoms with van der Waals surface area (Å²) in [7, 11) is 1.45. The van der Waals surface area contributed by atoms with Crippen molar-refractivity contribution in [1.82, 2.24) is 5.32 Å². The first-order chi connectivity index (χ1) is 20.0. The molecule has 1 fully saturated rings. The van der Waals surface area contributed by atoms with Gasteiger partial charge in [-0.05, 0) is 60.2 Å². The molecule has 0 saturated heterocycles. The molecule has 4 aromatic carbocycles. The van der Waals surface area contributed by atoms with Gasteiger partial charge in [-0.2, -0.15) is 0 Å². The van der Waals surface area contributed by atoms with Crippen molar-refractivity contribution in [2.24, 2.45) is 0 Å². The molecule has 0 aromatic heterocycles. The van der Waals surface area contributed by atoms with E-state index in [4.69, 9.17) is 14.2 Å². The van der Waals surface area contributed by atoms with Crippen molar-refractivity contribution >= 4 is 28.3 Å². The van der Waals surface area contributed by atoms with E-state index >= 15 is 0 Å². The van der Waals surface area contributed by atoms with Gasteiger partial charge in [0, 0.05) is 17.0 Å². The van der Waals surface area contributed by atoms with E-state index in [-0.39, 0.29) is 29.4 Å². The molecule has 6 rings (SSSR count). The van der Waals surface area contributed by atoms with E-state index in [0.29, 0.717) is 41.5 Å². The molecule has 2 N–H and O–H groups in total.